The number of benzene rings is 1. The number of rotatable bonds is 2. The smallest absolute Gasteiger partial charge is 0.165 e. The first kappa shape index (κ1) is 10.4. The molecule has 1 unspecified atom stereocenters. The quantitative estimate of drug-likeness (QED) is 0.808. The van der Waals surface area contributed by atoms with E-state index < -0.39 is 0 Å². The molecule has 1 aliphatic rings. The molecule has 0 aromatic heterocycles. The SMILES string of the molecule is COc1c(F)ccc(C)c1C1CCCN1. The van der Waals surface area contributed by atoms with Crippen molar-refractivity contribution in [3.63, 3.8) is 0 Å². The number of hydrogen-bond donors (Lipinski definition) is 1. The molecule has 2 rings (SSSR count). The van der Waals surface area contributed by atoms with Gasteiger partial charge in [-0.2, -0.15) is 0 Å². The van der Waals surface area contributed by atoms with Crippen LogP contribution < -0.4 is 10.1 Å². The molecule has 0 bridgehead atoms. The number of methoxy groups -OCH3 is 1. The molecule has 1 aromatic carbocycles. The van der Waals surface area contributed by atoms with Crippen LogP contribution in [0, 0.1) is 12.7 Å². The fourth-order valence-electron chi connectivity index (χ4n) is 2.24. The first-order chi connectivity index (χ1) is 7.24. The van der Waals surface area contributed by atoms with E-state index in [9.17, 15) is 4.39 Å². The summed E-state index contributed by atoms with van der Waals surface area (Å²) in [5.74, 6) is 0.126. The Bertz CT molecular complexity index is 359. The Balaban J connectivity index is 2.46. The van der Waals surface area contributed by atoms with Crippen molar-refractivity contribution in [3.8, 4) is 5.75 Å². The molecular formula is C12H16FNO. The number of ether oxygens (including phenoxy) is 1. The Morgan fingerprint density at radius 2 is 2.27 bits per heavy atom. The number of aryl methyl sites for hydroxylation is 1. The third-order valence-electron chi connectivity index (χ3n) is 2.98. The second-order valence-corrected chi connectivity index (χ2v) is 3.96. The van der Waals surface area contributed by atoms with Crippen LogP contribution in [0.15, 0.2) is 12.1 Å². The molecule has 3 heteroatoms. The van der Waals surface area contributed by atoms with Crippen LogP contribution in [-0.4, -0.2) is 13.7 Å². The van der Waals surface area contributed by atoms with Crippen molar-refractivity contribution in [2.75, 3.05) is 13.7 Å². The van der Waals surface area contributed by atoms with E-state index in [1.807, 2.05) is 13.0 Å². The third kappa shape index (κ3) is 1.84. The minimum Gasteiger partial charge on any atom is -0.493 e. The average molecular weight is 209 g/mol. The highest BCUT2D eigenvalue weighted by Gasteiger charge is 2.23. The Morgan fingerprint density at radius 1 is 1.47 bits per heavy atom. The molecule has 1 N–H and O–H groups in total. The largest absolute Gasteiger partial charge is 0.493 e. The van der Waals surface area contributed by atoms with Crippen molar-refractivity contribution in [1.82, 2.24) is 5.32 Å². The highest BCUT2D eigenvalue weighted by Crippen LogP contribution is 2.35. The van der Waals surface area contributed by atoms with Crippen molar-refractivity contribution in [2.45, 2.75) is 25.8 Å². The maximum absolute atomic E-state index is 13.5. The Hall–Kier alpha value is -1.09. The van der Waals surface area contributed by atoms with E-state index in [0.717, 1.165) is 30.5 Å². The van der Waals surface area contributed by atoms with Crippen molar-refractivity contribution < 1.29 is 9.13 Å². The van der Waals surface area contributed by atoms with Crippen molar-refractivity contribution in [3.05, 3.63) is 29.1 Å². The van der Waals surface area contributed by atoms with Gasteiger partial charge in [-0.05, 0) is 37.9 Å². The molecule has 1 saturated heterocycles. The minimum atomic E-state index is -0.271. The van der Waals surface area contributed by atoms with Crippen LogP contribution in [0.4, 0.5) is 4.39 Å². The number of nitrogens with one attached hydrogen (secondary N) is 1. The molecule has 1 aliphatic heterocycles. The monoisotopic (exact) mass is 209 g/mol. The van der Waals surface area contributed by atoms with Gasteiger partial charge in [-0.3, -0.25) is 0 Å². The van der Waals surface area contributed by atoms with Gasteiger partial charge in [-0.15, -0.1) is 0 Å². The van der Waals surface area contributed by atoms with Crippen LogP contribution in [0.3, 0.4) is 0 Å². The molecule has 1 fully saturated rings. The third-order valence-corrected chi connectivity index (χ3v) is 2.98. The predicted octanol–water partition coefficient (Wildman–Crippen LogP) is 2.57. The Morgan fingerprint density at radius 3 is 2.87 bits per heavy atom. The summed E-state index contributed by atoms with van der Waals surface area (Å²) in [5.41, 5.74) is 2.07. The molecule has 15 heavy (non-hydrogen) atoms. The topological polar surface area (TPSA) is 21.3 Å². The average Bonchev–Trinajstić information content (AvgIpc) is 2.74. The van der Waals surface area contributed by atoms with Gasteiger partial charge >= 0.3 is 0 Å². The van der Waals surface area contributed by atoms with E-state index in [2.05, 4.69) is 5.32 Å². The van der Waals surface area contributed by atoms with Crippen molar-refractivity contribution in [2.24, 2.45) is 0 Å². The van der Waals surface area contributed by atoms with Crippen LogP contribution >= 0.6 is 0 Å². The molecule has 1 atom stereocenters. The lowest BCUT2D eigenvalue weighted by Gasteiger charge is -2.18. The summed E-state index contributed by atoms with van der Waals surface area (Å²) in [6.07, 6.45) is 2.20. The maximum atomic E-state index is 13.5. The zero-order valence-corrected chi connectivity index (χ0v) is 9.14. The van der Waals surface area contributed by atoms with Gasteiger partial charge in [0.2, 0.25) is 0 Å². The van der Waals surface area contributed by atoms with Gasteiger partial charge in [0, 0.05) is 11.6 Å². The lowest BCUT2D eigenvalue weighted by molar-refractivity contribution is 0.375. The van der Waals surface area contributed by atoms with E-state index in [1.165, 1.54) is 13.2 Å². The molecule has 0 spiro atoms. The molecule has 2 nitrogen and oxygen atoms in total. The zero-order chi connectivity index (χ0) is 10.8. The first-order valence-electron chi connectivity index (χ1n) is 5.30. The molecule has 0 amide bonds. The highest BCUT2D eigenvalue weighted by atomic mass is 19.1. The predicted molar refractivity (Wildman–Crippen MR) is 57.7 cm³/mol. The summed E-state index contributed by atoms with van der Waals surface area (Å²) in [6, 6.07) is 3.52. The normalized spacial score (nSPS) is 20.6. The molecule has 82 valence electrons. The van der Waals surface area contributed by atoms with E-state index in [4.69, 9.17) is 4.74 Å². The van der Waals surface area contributed by atoms with Crippen LogP contribution in [0.2, 0.25) is 0 Å². The Labute approximate surface area is 89.4 Å². The van der Waals surface area contributed by atoms with Crippen molar-refractivity contribution >= 4 is 0 Å². The number of hydrogen-bond acceptors (Lipinski definition) is 2. The maximum Gasteiger partial charge on any atom is 0.165 e. The summed E-state index contributed by atoms with van der Waals surface area (Å²) in [4.78, 5) is 0. The number of halogens is 1. The lowest BCUT2D eigenvalue weighted by Crippen LogP contribution is -2.15. The van der Waals surface area contributed by atoms with E-state index in [-0.39, 0.29) is 11.9 Å². The summed E-state index contributed by atoms with van der Waals surface area (Å²) < 4.78 is 18.7. The Kier molecular flexibility index (Phi) is 2.91. The fourth-order valence-corrected chi connectivity index (χ4v) is 2.24. The van der Waals surface area contributed by atoms with Gasteiger partial charge in [0.1, 0.15) is 0 Å². The van der Waals surface area contributed by atoms with Crippen molar-refractivity contribution in [1.29, 1.82) is 0 Å². The summed E-state index contributed by atoms with van der Waals surface area (Å²) in [7, 11) is 1.52. The van der Waals surface area contributed by atoms with Gasteiger partial charge in [-0.1, -0.05) is 6.07 Å². The van der Waals surface area contributed by atoms with Gasteiger partial charge in [0.05, 0.1) is 7.11 Å². The summed E-state index contributed by atoms with van der Waals surface area (Å²) >= 11 is 0. The van der Waals surface area contributed by atoms with E-state index in [1.54, 1.807) is 0 Å². The van der Waals surface area contributed by atoms with E-state index in [0.29, 0.717) is 5.75 Å². The molecule has 1 heterocycles. The molecular weight excluding hydrogens is 193 g/mol. The molecule has 0 saturated carbocycles. The molecule has 0 radical (unpaired) electrons. The highest BCUT2D eigenvalue weighted by molar-refractivity contribution is 5.43. The fraction of sp³-hybridized carbons (Fsp3) is 0.500. The standard InChI is InChI=1S/C12H16FNO/c1-8-5-6-9(13)12(15-2)11(8)10-4-3-7-14-10/h5-6,10,14H,3-4,7H2,1-2H3. The van der Waals surface area contributed by atoms with Crippen LogP contribution in [0.1, 0.15) is 30.0 Å². The first-order valence-corrected chi connectivity index (χ1v) is 5.30. The second-order valence-electron chi connectivity index (χ2n) is 3.96. The van der Waals surface area contributed by atoms with E-state index >= 15 is 0 Å². The van der Waals surface area contributed by atoms with Crippen LogP contribution in [0.5, 0.6) is 5.75 Å². The van der Waals surface area contributed by atoms with Crippen LogP contribution in [0.25, 0.3) is 0 Å². The zero-order valence-electron chi connectivity index (χ0n) is 9.14. The second kappa shape index (κ2) is 4.19. The minimum absolute atomic E-state index is 0.246. The summed E-state index contributed by atoms with van der Waals surface area (Å²) in [6.45, 7) is 3.00. The summed E-state index contributed by atoms with van der Waals surface area (Å²) in [5, 5.41) is 3.37. The van der Waals surface area contributed by atoms with Crippen LogP contribution in [-0.2, 0) is 0 Å². The molecule has 0 aliphatic carbocycles. The van der Waals surface area contributed by atoms with Gasteiger partial charge in [-0.25, -0.2) is 4.39 Å². The van der Waals surface area contributed by atoms with Gasteiger partial charge < -0.3 is 10.1 Å². The van der Waals surface area contributed by atoms with Gasteiger partial charge in [0.25, 0.3) is 0 Å². The van der Waals surface area contributed by atoms with Gasteiger partial charge in [0.15, 0.2) is 11.6 Å². The molecule has 1 aromatic rings. The lowest BCUT2D eigenvalue weighted by atomic mass is 9.98.